The molecule has 0 heterocycles. The zero-order valence-corrected chi connectivity index (χ0v) is 27.7. The van der Waals surface area contributed by atoms with Gasteiger partial charge in [-0.15, -0.1) is 26.3 Å². The summed E-state index contributed by atoms with van der Waals surface area (Å²) in [6.45, 7) is 19.9. The monoisotopic (exact) mass is 660 g/mol. The summed E-state index contributed by atoms with van der Waals surface area (Å²) in [5, 5.41) is 0. The third-order valence-electron chi connectivity index (χ3n) is 6.41. The molecule has 7 heteroatoms. The van der Waals surface area contributed by atoms with Crippen molar-refractivity contribution in [3.63, 3.8) is 0 Å². The summed E-state index contributed by atoms with van der Waals surface area (Å²) in [5.74, 6) is 0. The maximum atomic E-state index is 12.0. The van der Waals surface area contributed by atoms with Gasteiger partial charge in [-0.1, -0.05) is 123 Å². The molecule has 254 valence electrons. The van der Waals surface area contributed by atoms with Gasteiger partial charge in [0.05, 0.1) is 0 Å². The van der Waals surface area contributed by atoms with Crippen LogP contribution < -0.4 is 0 Å². The predicted octanol–water partition coefficient (Wildman–Crippen LogP) is 10.6. The Morgan fingerprint density at radius 2 is 0.936 bits per heavy atom. The van der Waals surface area contributed by atoms with Gasteiger partial charge in [0.25, 0.3) is 0 Å². The Balaban J connectivity index is 0.000000690. The van der Waals surface area contributed by atoms with Crippen LogP contribution in [0.4, 0.5) is 9.59 Å². The third kappa shape index (κ3) is 22.7. The molecular formula is C40H53ClN2O4. The van der Waals surface area contributed by atoms with Crippen molar-refractivity contribution in [1.82, 2.24) is 9.80 Å². The van der Waals surface area contributed by atoms with E-state index < -0.39 is 5.43 Å². The Kier molecular flexibility index (Phi) is 26.3. The van der Waals surface area contributed by atoms with Crippen molar-refractivity contribution in [1.29, 1.82) is 0 Å². The van der Waals surface area contributed by atoms with Crippen LogP contribution >= 0.6 is 11.6 Å². The quantitative estimate of drug-likeness (QED) is 0.100. The second-order valence-corrected chi connectivity index (χ2v) is 10.4. The highest BCUT2D eigenvalue weighted by molar-refractivity contribution is 6.61. The van der Waals surface area contributed by atoms with E-state index in [0.29, 0.717) is 19.7 Å². The molecule has 0 atom stereocenters. The molecule has 0 fully saturated rings. The van der Waals surface area contributed by atoms with Crippen molar-refractivity contribution in [3.8, 4) is 0 Å². The SMILES string of the molecule is C.C=CCCN(CCC=C)C(=O)OCc1ccccc1.C=CCCN(CCC=C)Cc1ccccc1.O=C(Cl)OCc1ccccc1. The average molecular weight is 661 g/mol. The maximum absolute atomic E-state index is 12.0. The number of halogens is 1. The first-order valence-corrected chi connectivity index (χ1v) is 15.8. The van der Waals surface area contributed by atoms with Crippen LogP contribution in [0.25, 0.3) is 0 Å². The number of carbonyl (C=O) groups excluding carboxylic acids is 2. The smallest absolute Gasteiger partial charge is 0.410 e. The predicted molar refractivity (Wildman–Crippen MR) is 198 cm³/mol. The van der Waals surface area contributed by atoms with Gasteiger partial charge in [0.15, 0.2) is 0 Å². The number of ether oxygens (including phenoxy) is 2. The Morgan fingerprint density at radius 3 is 1.32 bits per heavy atom. The second-order valence-electron chi connectivity index (χ2n) is 10.1. The van der Waals surface area contributed by atoms with E-state index in [9.17, 15) is 9.59 Å². The highest BCUT2D eigenvalue weighted by Crippen LogP contribution is 2.07. The molecule has 1 amide bonds. The molecule has 0 aromatic heterocycles. The first kappa shape index (κ1) is 42.6. The highest BCUT2D eigenvalue weighted by atomic mass is 35.5. The summed E-state index contributed by atoms with van der Waals surface area (Å²) in [6.07, 6.45) is 10.9. The second kappa shape index (κ2) is 29.0. The van der Waals surface area contributed by atoms with Crippen molar-refractivity contribution in [3.05, 3.63) is 158 Å². The lowest BCUT2D eigenvalue weighted by molar-refractivity contribution is 0.0973. The Bertz CT molecular complexity index is 1230. The van der Waals surface area contributed by atoms with Crippen LogP contribution in [0.5, 0.6) is 0 Å². The molecule has 0 aliphatic heterocycles. The molecule has 47 heavy (non-hydrogen) atoms. The van der Waals surface area contributed by atoms with Gasteiger partial charge in [0, 0.05) is 44.3 Å². The van der Waals surface area contributed by atoms with E-state index in [1.807, 2.05) is 72.8 Å². The molecule has 6 nitrogen and oxygen atoms in total. The molecule has 0 saturated heterocycles. The number of nitrogens with zero attached hydrogens (tertiary/aromatic N) is 2. The van der Waals surface area contributed by atoms with Gasteiger partial charge < -0.3 is 14.4 Å². The van der Waals surface area contributed by atoms with Gasteiger partial charge in [-0.05, 0) is 42.4 Å². The summed E-state index contributed by atoms with van der Waals surface area (Å²) in [6, 6.07) is 29.6. The average Bonchev–Trinajstić information content (AvgIpc) is 3.09. The molecule has 0 unspecified atom stereocenters. The van der Waals surface area contributed by atoms with Crippen LogP contribution in [-0.2, 0) is 29.2 Å². The summed E-state index contributed by atoms with van der Waals surface area (Å²) < 4.78 is 9.86. The van der Waals surface area contributed by atoms with Gasteiger partial charge in [0.1, 0.15) is 13.2 Å². The summed E-state index contributed by atoms with van der Waals surface area (Å²) >= 11 is 4.97. The van der Waals surface area contributed by atoms with Crippen molar-refractivity contribution < 1.29 is 19.1 Å². The fourth-order valence-electron chi connectivity index (χ4n) is 3.97. The van der Waals surface area contributed by atoms with E-state index in [1.54, 1.807) is 17.1 Å². The van der Waals surface area contributed by atoms with E-state index in [4.69, 9.17) is 16.3 Å². The van der Waals surface area contributed by atoms with Crippen LogP contribution in [0, 0.1) is 0 Å². The fraction of sp³-hybridized carbons (Fsp3) is 0.300. The Hall–Kier alpha value is -4.39. The minimum absolute atomic E-state index is 0. The zero-order valence-electron chi connectivity index (χ0n) is 27.0. The van der Waals surface area contributed by atoms with Gasteiger partial charge in [-0.25, -0.2) is 9.59 Å². The molecule has 3 aromatic rings. The van der Waals surface area contributed by atoms with E-state index >= 15 is 0 Å². The van der Waals surface area contributed by atoms with E-state index in [2.05, 4.69) is 66.3 Å². The largest absolute Gasteiger partial charge is 0.449 e. The molecule has 0 N–H and O–H groups in total. The van der Waals surface area contributed by atoms with Gasteiger partial charge >= 0.3 is 11.5 Å². The van der Waals surface area contributed by atoms with Gasteiger partial charge in [-0.2, -0.15) is 0 Å². The number of amides is 1. The van der Waals surface area contributed by atoms with Crippen LogP contribution in [0.2, 0.25) is 0 Å². The molecule has 0 spiro atoms. The lowest BCUT2D eigenvalue weighted by Crippen LogP contribution is -2.33. The normalized spacial score (nSPS) is 9.57. The number of rotatable bonds is 18. The number of carbonyl (C=O) groups is 2. The number of hydrogen-bond acceptors (Lipinski definition) is 5. The van der Waals surface area contributed by atoms with Crippen LogP contribution in [0.15, 0.2) is 142 Å². The van der Waals surface area contributed by atoms with Crippen molar-refractivity contribution in [2.45, 2.75) is 52.9 Å². The van der Waals surface area contributed by atoms with E-state index in [-0.39, 0.29) is 20.1 Å². The maximum Gasteiger partial charge on any atom is 0.410 e. The fourth-order valence-corrected chi connectivity index (χ4v) is 4.03. The minimum atomic E-state index is -0.770. The molecule has 0 bridgehead atoms. The Morgan fingerprint density at radius 1 is 0.574 bits per heavy atom. The van der Waals surface area contributed by atoms with E-state index in [1.165, 1.54) is 5.56 Å². The number of benzene rings is 3. The summed E-state index contributed by atoms with van der Waals surface area (Å²) in [5.41, 5.74) is 2.52. The summed E-state index contributed by atoms with van der Waals surface area (Å²) in [4.78, 5) is 26.3. The van der Waals surface area contributed by atoms with Crippen molar-refractivity contribution >= 4 is 23.1 Å². The zero-order chi connectivity index (χ0) is 33.7. The molecule has 0 aliphatic carbocycles. The van der Waals surface area contributed by atoms with Crippen LogP contribution in [-0.4, -0.2) is 47.5 Å². The molecular weight excluding hydrogens is 608 g/mol. The molecule has 3 rings (SSSR count). The van der Waals surface area contributed by atoms with Crippen LogP contribution in [0.3, 0.4) is 0 Å². The van der Waals surface area contributed by atoms with Gasteiger partial charge in [-0.3, -0.25) is 4.90 Å². The topological polar surface area (TPSA) is 59.1 Å². The lowest BCUT2D eigenvalue weighted by Gasteiger charge is -2.21. The standard InChI is InChI=1S/C16H21NO2.C15H21N.C8H7ClO2.CH4/c1-3-5-12-17(13-6-4-2)16(18)19-14-15-10-8-7-9-11-15;1-3-5-12-16(13-6-4-2)14-15-10-8-7-9-11-15;9-8(10)11-6-7-4-2-1-3-5-7;/h3-4,7-11H,1-2,5-6,12-14H2;3-4,7-11H,1-2,5-6,12-14H2;1-5H,6H2;1H4. The van der Waals surface area contributed by atoms with Crippen molar-refractivity contribution in [2.75, 3.05) is 26.2 Å². The number of hydrogen-bond donors (Lipinski definition) is 0. The van der Waals surface area contributed by atoms with E-state index in [0.717, 1.165) is 56.4 Å². The highest BCUT2D eigenvalue weighted by Gasteiger charge is 2.13. The molecule has 0 radical (unpaired) electrons. The minimum Gasteiger partial charge on any atom is -0.449 e. The molecule has 0 aliphatic rings. The van der Waals surface area contributed by atoms with Crippen molar-refractivity contribution in [2.24, 2.45) is 0 Å². The summed E-state index contributed by atoms with van der Waals surface area (Å²) in [7, 11) is 0. The first-order valence-electron chi connectivity index (χ1n) is 15.4. The molecule has 0 saturated carbocycles. The lowest BCUT2D eigenvalue weighted by atomic mass is 10.2. The Labute approximate surface area is 288 Å². The first-order chi connectivity index (χ1) is 22.4. The van der Waals surface area contributed by atoms with Gasteiger partial charge in [0.2, 0.25) is 0 Å². The third-order valence-corrected chi connectivity index (χ3v) is 6.52. The molecule has 3 aromatic carbocycles. The van der Waals surface area contributed by atoms with Crippen LogP contribution in [0.1, 0.15) is 49.8 Å².